The third kappa shape index (κ3) is 3.23. The molecule has 7 heteroatoms. The predicted molar refractivity (Wildman–Crippen MR) is 96.1 cm³/mol. The van der Waals surface area contributed by atoms with Crippen molar-refractivity contribution in [3.63, 3.8) is 0 Å². The Hall–Kier alpha value is -3.35. The number of aromatic nitrogens is 2. The summed E-state index contributed by atoms with van der Waals surface area (Å²) in [7, 11) is 1.32. The average molecular weight is 353 g/mol. The van der Waals surface area contributed by atoms with Crippen molar-refractivity contribution >= 4 is 17.6 Å². The fraction of sp³-hybridized carbons (Fsp3) is 0.211. The third-order valence-electron chi connectivity index (χ3n) is 4.16. The molecule has 2 aromatic heterocycles. The number of aromatic amines is 1. The van der Waals surface area contributed by atoms with E-state index in [0.29, 0.717) is 40.4 Å². The monoisotopic (exact) mass is 353 g/mol. The molecule has 1 amide bonds. The smallest absolute Gasteiger partial charge is 0.339 e. The van der Waals surface area contributed by atoms with Gasteiger partial charge in [0.1, 0.15) is 5.69 Å². The molecule has 0 aliphatic carbocycles. The third-order valence-corrected chi connectivity index (χ3v) is 4.16. The fourth-order valence-electron chi connectivity index (χ4n) is 2.80. The first kappa shape index (κ1) is 17.5. The first-order valence-corrected chi connectivity index (χ1v) is 8.15. The molecule has 0 bridgehead atoms. The van der Waals surface area contributed by atoms with E-state index >= 15 is 0 Å². The fourth-order valence-corrected chi connectivity index (χ4v) is 2.80. The molecule has 134 valence electrons. The van der Waals surface area contributed by atoms with Gasteiger partial charge in [0.25, 0.3) is 5.91 Å². The second kappa shape index (κ2) is 7.26. The number of esters is 1. The molecule has 0 spiro atoms. The summed E-state index contributed by atoms with van der Waals surface area (Å²) in [6, 6.07) is 7.20. The predicted octanol–water partition coefficient (Wildman–Crippen LogP) is 3.58. The lowest BCUT2D eigenvalue weighted by Crippen LogP contribution is -2.14. The molecule has 1 aromatic carbocycles. The first-order chi connectivity index (χ1) is 12.5. The number of aryl methyl sites for hydroxylation is 1. The summed E-state index contributed by atoms with van der Waals surface area (Å²) in [5.74, 6) is -0.121. The molecule has 3 rings (SSSR count). The molecule has 7 nitrogen and oxygen atoms in total. The van der Waals surface area contributed by atoms with Crippen LogP contribution in [0.25, 0.3) is 11.3 Å². The standard InChI is InChI=1S/C19H19N3O4/c1-4-14-16(19(24)25-3)11(2)17(22-14)18(23)21-13-7-5-12(6-8-13)15-9-20-10-26-15/h5-10,22H,4H2,1-3H3,(H,21,23). The molecular formula is C19H19N3O4. The molecule has 3 aromatic rings. The zero-order chi connectivity index (χ0) is 18.7. The lowest BCUT2D eigenvalue weighted by Gasteiger charge is -2.06. The minimum absolute atomic E-state index is 0.320. The number of ether oxygens (including phenoxy) is 1. The number of nitrogens with zero attached hydrogens (tertiary/aromatic N) is 1. The number of oxazole rings is 1. The van der Waals surface area contributed by atoms with E-state index in [4.69, 9.17) is 9.15 Å². The Morgan fingerprint density at radius 3 is 2.58 bits per heavy atom. The topological polar surface area (TPSA) is 97.2 Å². The van der Waals surface area contributed by atoms with Gasteiger partial charge in [-0.25, -0.2) is 9.78 Å². The Labute approximate surface area is 150 Å². The Morgan fingerprint density at radius 2 is 2.00 bits per heavy atom. The van der Waals surface area contributed by atoms with Gasteiger partial charge in [-0.15, -0.1) is 0 Å². The van der Waals surface area contributed by atoms with Crippen LogP contribution in [0.1, 0.15) is 39.0 Å². The quantitative estimate of drug-likeness (QED) is 0.683. The van der Waals surface area contributed by atoms with Crippen LogP contribution >= 0.6 is 0 Å². The molecule has 0 atom stereocenters. The average Bonchev–Trinajstić information content (AvgIpc) is 3.29. The van der Waals surface area contributed by atoms with E-state index in [-0.39, 0.29) is 5.91 Å². The Morgan fingerprint density at radius 1 is 1.27 bits per heavy atom. The summed E-state index contributed by atoms with van der Waals surface area (Å²) in [5, 5.41) is 2.82. The molecule has 0 fully saturated rings. The van der Waals surface area contributed by atoms with E-state index in [1.807, 2.05) is 19.1 Å². The van der Waals surface area contributed by atoms with Gasteiger partial charge in [0, 0.05) is 16.9 Å². The van der Waals surface area contributed by atoms with Crippen LogP contribution in [0.3, 0.4) is 0 Å². The molecule has 0 aliphatic heterocycles. The van der Waals surface area contributed by atoms with Gasteiger partial charge in [-0.2, -0.15) is 0 Å². The van der Waals surface area contributed by atoms with Crippen LogP contribution in [0.2, 0.25) is 0 Å². The summed E-state index contributed by atoms with van der Waals surface area (Å²) >= 11 is 0. The molecule has 0 saturated carbocycles. The maximum absolute atomic E-state index is 12.6. The van der Waals surface area contributed by atoms with Crippen molar-refractivity contribution in [1.82, 2.24) is 9.97 Å². The van der Waals surface area contributed by atoms with Crippen LogP contribution in [0.5, 0.6) is 0 Å². The summed E-state index contributed by atoms with van der Waals surface area (Å²) in [5.41, 5.74) is 3.51. The first-order valence-electron chi connectivity index (χ1n) is 8.15. The number of benzene rings is 1. The van der Waals surface area contributed by atoms with Gasteiger partial charge < -0.3 is 19.5 Å². The van der Waals surface area contributed by atoms with Crippen molar-refractivity contribution in [2.24, 2.45) is 0 Å². The van der Waals surface area contributed by atoms with Gasteiger partial charge in [0.05, 0.1) is 18.9 Å². The normalized spacial score (nSPS) is 10.6. The van der Waals surface area contributed by atoms with Gasteiger partial charge >= 0.3 is 5.97 Å². The van der Waals surface area contributed by atoms with E-state index < -0.39 is 5.97 Å². The van der Waals surface area contributed by atoms with E-state index in [1.165, 1.54) is 13.5 Å². The van der Waals surface area contributed by atoms with Crippen LogP contribution in [0.15, 0.2) is 41.3 Å². The lowest BCUT2D eigenvalue weighted by atomic mass is 10.1. The van der Waals surface area contributed by atoms with Crippen LogP contribution in [0.4, 0.5) is 5.69 Å². The van der Waals surface area contributed by atoms with Crippen molar-refractivity contribution in [3.8, 4) is 11.3 Å². The van der Waals surface area contributed by atoms with Crippen molar-refractivity contribution < 1.29 is 18.7 Å². The number of carbonyl (C=O) groups excluding carboxylic acids is 2. The Balaban J connectivity index is 1.82. The van der Waals surface area contributed by atoms with Crippen LogP contribution in [-0.2, 0) is 11.2 Å². The van der Waals surface area contributed by atoms with Crippen LogP contribution in [0, 0.1) is 6.92 Å². The van der Waals surface area contributed by atoms with Crippen LogP contribution < -0.4 is 5.32 Å². The second-order valence-corrected chi connectivity index (χ2v) is 5.72. The number of rotatable bonds is 5. The highest BCUT2D eigenvalue weighted by molar-refractivity contribution is 6.06. The molecule has 2 heterocycles. The maximum atomic E-state index is 12.6. The molecular weight excluding hydrogens is 334 g/mol. The van der Waals surface area contributed by atoms with Gasteiger partial charge in [0.15, 0.2) is 12.2 Å². The van der Waals surface area contributed by atoms with Crippen molar-refractivity contribution in [2.75, 3.05) is 12.4 Å². The minimum atomic E-state index is -0.453. The maximum Gasteiger partial charge on any atom is 0.339 e. The molecule has 0 radical (unpaired) electrons. The minimum Gasteiger partial charge on any atom is -0.465 e. The van der Waals surface area contributed by atoms with Gasteiger partial charge in [-0.3, -0.25) is 4.79 Å². The number of methoxy groups -OCH3 is 1. The number of hydrogen-bond acceptors (Lipinski definition) is 5. The van der Waals surface area contributed by atoms with Gasteiger partial charge in [-0.1, -0.05) is 6.92 Å². The summed E-state index contributed by atoms with van der Waals surface area (Å²) in [6.07, 6.45) is 3.57. The number of H-pyrrole nitrogens is 1. The highest BCUT2D eigenvalue weighted by Gasteiger charge is 2.23. The molecule has 0 saturated heterocycles. The van der Waals surface area contributed by atoms with E-state index in [0.717, 1.165) is 5.56 Å². The Kier molecular flexibility index (Phi) is 4.88. The van der Waals surface area contributed by atoms with E-state index in [1.54, 1.807) is 25.3 Å². The summed E-state index contributed by atoms with van der Waals surface area (Å²) in [6.45, 7) is 3.63. The van der Waals surface area contributed by atoms with E-state index in [2.05, 4.69) is 15.3 Å². The van der Waals surface area contributed by atoms with Crippen molar-refractivity contribution in [2.45, 2.75) is 20.3 Å². The van der Waals surface area contributed by atoms with Crippen molar-refractivity contribution in [1.29, 1.82) is 0 Å². The largest absolute Gasteiger partial charge is 0.465 e. The number of amides is 1. The molecule has 2 N–H and O–H groups in total. The molecule has 26 heavy (non-hydrogen) atoms. The number of hydrogen-bond donors (Lipinski definition) is 2. The van der Waals surface area contributed by atoms with E-state index in [9.17, 15) is 9.59 Å². The zero-order valence-electron chi connectivity index (χ0n) is 14.8. The van der Waals surface area contributed by atoms with Crippen LogP contribution in [-0.4, -0.2) is 29.0 Å². The summed E-state index contributed by atoms with van der Waals surface area (Å²) in [4.78, 5) is 31.5. The number of carbonyl (C=O) groups is 2. The van der Waals surface area contributed by atoms with Gasteiger partial charge in [-0.05, 0) is 43.2 Å². The molecule has 0 unspecified atom stereocenters. The highest BCUT2D eigenvalue weighted by Crippen LogP contribution is 2.23. The Bertz CT molecular complexity index is 925. The highest BCUT2D eigenvalue weighted by atomic mass is 16.5. The lowest BCUT2D eigenvalue weighted by molar-refractivity contribution is 0.0599. The molecule has 0 aliphatic rings. The number of anilines is 1. The number of nitrogens with one attached hydrogen (secondary N) is 2. The zero-order valence-corrected chi connectivity index (χ0v) is 14.8. The van der Waals surface area contributed by atoms with Gasteiger partial charge in [0.2, 0.25) is 0 Å². The van der Waals surface area contributed by atoms with Crippen molar-refractivity contribution in [3.05, 3.63) is 59.4 Å². The summed E-state index contributed by atoms with van der Waals surface area (Å²) < 4.78 is 10.1. The second-order valence-electron chi connectivity index (χ2n) is 5.72. The SMILES string of the molecule is CCc1[nH]c(C(=O)Nc2ccc(-c3cnco3)cc2)c(C)c1C(=O)OC.